The zero-order chi connectivity index (χ0) is 25.9. The second-order valence-corrected chi connectivity index (χ2v) is 9.17. The largest absolute Gasteiger partial charge is 0.449 e. The number of fused-ring (bicyclic) bond motifs is 2. The molecule has 190 valence electrons. The number of pyridine rings is 1. The summed E-state index contributed by atoms with van der Waals surface area (Å²) in [6.45, 7) is 6.07. The van der Waals surface area contributed by atoms with Crippen molar-refractivity contribution in [1.82, 2.24) is 19.7 Å². The SMILES string of the molecule is CCCN1CCc2nc3ccccc3c(C(=O)OC(C)C(=O)Nc3cc(=O)n(-c4ccccc4)[nH]3)c2C1. The lowest BCUT2D eigenvalue weighted by molar-refractivity contribution is -0.123. The number of nitrogens with one attached hydrogen (secondary N) is 2. The molecule has 2 N–H and O–H groups in total. The lowest BCUT2D eigenvalue weighted by Crippen LogP contribution is -2.34. The van der Waals surface area contributed by atoms with E-state index in [9.17, 15) is 14.4 Å². The Morgan fingerprint density at radius 1 is 1.14 bits per heavy atom. The van der Waals surface area contributed by atoms with Gasteiger partial charge in [-0.2, -0.15) is 0 Å². The van der Waals surface area contributed by atoms with E-state index < -0.39 is 18.0 Å². The zero-order valence-corrected chi connectivity index (χ0v) is 20.9. The Balaban J connectivity index is 1.37. The van der Waals surface area contributed by atoms with Crippen molar-refractivity contribution in [3.05, 3.63) is 87.8 Å². The van der Waals surface area contributed by atoms with E-state index in [4.69, 9.17) is 9.72 Å². The van der Waals surface area contributed by atoms with Crippen LogP contribution in [-0.2, 0) is 22.5 Å². The molecular formula is C28H29N5O4. The molecule has 9 heteroatoms. The molecule has 0 fully saturated rings. The zero-order valence-electron chi connectivity index (χ0n) is 20.9. The van der Waals surface area contributed by atoms with Crippen LogP contribution in [0.25, 0.3) is 16.6 Å². The molecule has 3 heterocycles. The van der Waals surface area contributed by atoms with Crippen molar-refractivity contribution in [2.45, 2.75) is 39.3 Å². The summed E-state index contributed by atoms with van der Waals surface area (Å²) in [6.07, 6.45) is 0.679. The number of aromatic nitrogens is 3. The first-order valence-electron chi connectivity index (χ1n) is 12.5. The van der Waals surface area contributed by atoms with E-state index in [1.54, 1.807) is 12.1 Å². The molecule has 2 aromatic carbocycles. The van der Waals surface area contributed by atoms with Crippen LogP contribution in [0.1, 0.15) is 41.9 Å². The number of hydrogen-bond donors (Lipinski definition) is 2. The summed E-state index contributed by atoms with van der Waals surface area (Å²) in [6, 6.07) is 17.8. The number of rotatable bonds is 7. The van der Waals surface area contributed by atoms with Crippen LogP contribution in [0.2, 0.25) is 0 Å². The maximum absolute atomic E-state index is 13.5. The number of anilines is 1. The Kier molecular flexibility index (Phi) is 6.87. The molecule has 4 aromatic rings. The van der Waals surface area contributed by atoms with Crippen LogP contribution in [0.4, 0.5) is 5.82 Å². The van der Waals surface area contributed by atoms with Crippen molar-refractivity contribution in [2.24, 2.45) is 0 Å². The number of carbonyl (C=O) groups excluding carboxylic acids is 2. The minimum absolute atomic E-state index is 0.212. The van der Waals surface area contributed by atoms with E-state index in [0.717, 1.165) is 42.7 Å². The van der Waals surface area contributed by atoms with Gasteiger partial charge in [-0.05, 0) is 38.1 Å². The van der Waals surface area contributed by atoms with Crippen molar-refractivity contribution < 1.29 is 14.3 Å². The number of para-hydroxylation sites is 2. The van der Waals surface area contributed by atoms with E-state index in [2.05, 4.69) is 22.2 Å². The summed E-state index contributed by atoms with van der Waals surface area (Å²) < 4.78 is 6.99. The molecule has 1 aliphatic rings. The molecule has 0 bridgehead atoms. The third-order valence-electron chi connectivity index (χ3n) is 6.52. The lowest BCUT2D eigenvalue weighted by Gasteiger charge is -2.29. The van der Waals surface area contributed by atoms with E-state index >= 15 is 0 Å². The van der Waals surface area contributed by atoms with E-state index in [0.29, 0.717) is 23.2 Å². The normalized spacial score (nSPS) is 14.2. The Morgan fingerprint density at radius 2 is 1.89 bits per heavy atom. The van der Waals surface area contributed by atoms with Crippen LogP contribution in [0.5, 0.6) is 0 Å². The van der Waals surface area contributed by atoms with Gasteiger partial charge in [-0.1, -0.05) is 43.3 Å². The molecule has 1 atom stereocenters. The van der Waals surface area contributed by atoms with Gasteiger partial charge in [0, 0.05) is 42.2 Å². The van der Waals surface area contributed by atoms with Crippen LogP contribution < -0.4 is 10.9 Å². The van der Waals surface area contributed by atoms with Crippen LogP contribution in [0.3, 0.4) is 0 Å². The Labute approximate surface area is 214 Å². The topological polar surface area (TPSA) is 109 Å². The predicted octanol–water partition coefficient (Wildman–Crippen LogP) is 3.67. The highest BCUT2D eigenvalue weighted by Crippen LogP contribution is 2.29. The van der Waals surface area contributed by atoms with Gasteiger partial charge < -0.3 is 10.1 Å². The van der Waals surface area contributed by atoms with Gasteiger partial charge in [0.15, 0.2) is 6.10 Å². The fourth-order valence-electron chi connectivity index (χ4n) is 4.72. The first-order valence-corrected chi connectivity index (χ1v) is 12.5. The number of carbonyl (C=O) groups is 2. The van der Waals surface area contributed by atoms with Gasteiger partial charge in [0.05, 0.1) is 16.8 Å². The molecule has 1 amide bonds. The number of esters is 1. The summed E-state index contributed by atoms with van der Waals surface area (Å²) in [5, 5.41) is 6.22. The molecule has 0 saturated heterocycles. The molecule has 2 aromatic heterocycles. The van der Waals surface area contributed by atoms with Crippen LogP contribution >= 0.6 is 0 Å². The Hall–Kier alpha value is -4.24. The van der Waals surface area contributed by atoms with E-state index in [-0.39, 0.29) is 11.4 Å². The highest BCUT2D eigenvalue weighted by atomic mass is 16.5. The second-order valence-electron chi connectivity index (χ2n) is 9.17. The third kappa shape index (κ3) is 5.03. The first kappa shape index (κ1) is 24.5. The molecule has 0 radical (unpaired) electrons. The monoisotopic (exact) mass is 499 g/mol. The quantitative estimate of drug-likeness (QED) is 0.376. The summed E-state index contributed by atoms with van der Waals surface area (Å²) in [4.78, 5) is 45.9. The molecule has 9 nitrogen and oxygen atoms in total. The molecule has 37 heavy (non-hydrogen) atoms. The molecule has 0 saturated carbocycles. The van der Waals surface area contributed by atoms with Gasteiger partial charge in [0.25, 0.3) is 11.5 Å². The summed E-state index contributed by atoms with van der Waals surface area (Å²) in [7, 11) is 0. The molecule has 0 spiro atoms. The fraction of sp³-hybridized carbons (Fsp3) is 0.286. The van der Waals surface area contributed by atoms with Gasteiger partial charge in [-0.3, -0.25) is 24.6 Å². The number of hydrogen-bond acceptors (Lipinski definition) is 6. The highest BCUT2D eigenvalue weighted by molar-refractivity contribution is 6.06. The number of benzene rings is 2. The summed E-state index contributed by atoms with van der Waals surface area (Å²) in [5.74, 6) is -0.899. The minimum atomic E-state index is -1.09. The Morgan fingerprint density at radius 3 is 2.68 bits per heavy atom. The lowest BCUT2D eigenvalue weighted by atomic mass is 9.95. The van der Waals surface area contributed by atoms with Crippen molar-refractivity contribution in [3.63, 3.8) is 0 Å². The van der Waals surface area contributed by atoms with E-state index in [1.807, 2.05) is 42.5 Å². The van der Waals surface area contributed by atoms with Gasteiger partial charge in [0.2, 0.25) is 0 Å². The second kappa shape index (κ2) is 10.4. The molecule has 1 aliphatic heterocycles. The standard InChI is InChI=1S/C28H29N5O4/c1-3-14-32-15-13-23-21(17-32)26(20-11-7-8-12-22(20)29-23)28(36)37-18(2)27(35)30-24-16-25(34)33(31-24)19-9-5-4-6-10-19/h4-12,16,18,31H,3,13-15,17H2,1-2H3,(H,30,35). The van der Waals surface area contributed by atoms with Crippen molar-refractivity contribution in [3.8, 4) is 5.69 Å². The number of amides is 1. The number of H-pyrrole nitrogens is 1. The van der Waals surface area contributed by atoms with E-state index in [1.165, 1.54) is 17.7 Å². The maximum atomic E-state index is 13.5. The van der Waals surface area contributed by atoms with Crippen molar-refractivity contribution in [2.75, 3.05) is 18.4 Å². The predicted molar refractivity (Wildman–Crippen MR) is 141 cm³/mol. The smallest absolute Gasteiger partial charge is 0.339 e. The maximum Gasteiger partial charge on any atom is 0.339 e. The van der Waals surface area contributed by atoms with Crippen LogP contribution in [0, 0.1) is 0 Å². The summed E-state index contributed by atoms with van der Waals surface area (Å²) in [5.41, 5.74) is 3.27. The molecule has 0 aliphatic carbocycles. The minimum Gasteiger partial charge on any atom is -0.449 e. The number of nitrogens with zero attached hydrogens (tertiary/aromatic N) is 3. The highest BCUT2D eigenvalue weighted by Gasteiger charge is 2.28. The van der Waals surface area contributed by atoms with Gasteiger partial charge in [-0.15, -0.1) is 0 Å². The fourth-order valence-corrected chi connectivity index (χ4v) is 4.72. The third-order valence-corrected chi connectivity index (χ3v) is 6.52. The van der Waals surface area contributed by atoms with Gasteiger partial charge >= 0.3 is 5.97 Å². The van der Waals surface area contributed by atoms with Crippen LogP contribution in [-0.4, -0.2) is 50.7 Å². The van der Waals surface area contributed by atoms with Crippen molar-refractivity contribution in [1.29, 1.82) is 0 Å². The van der Waals surface area contributed by atoms with Crippen LogP contribution in [0.15, 0.2) is 65.5 Å². The average Bonchev–Trinajstić information content (AvgIpc) is 3.27. The number of ether oxygens (including phenoxy) is 1. The van der Waals surface area contributed by atoms with Gasteiger partial charge in [-0.25, -0.2) is 9.48 Å². The average molecular weight is 500 g/mol. The molecule has 5 rings (SSSR count). The molecule has 1 unspecified atom stereocenters. The first-order chi connectivity index (χ1) is 17.9. The van der Waals surface area contributed by atoms with Crippen molar-refractivity contribution >= 4 is 28.6 Å². The van der Waals surface area contributed by atoms with Gasteiger partial charge in [0.1, 0.15) is 5.82 Å². The summed E-state index contributed by atoms with van der Waals surface area (Å²) >= 11 is 0. The Bertz CT molecular complexity index is 1510. The number of aromatic amines is 1. The molecular weight excluding hydrogens is 470 g/mol.